The lowest BCUT2D eigenvalue weighted by Crippen LogP contribution is -2.29. The predicted molar refractivity (Wildman–Crippen MR) is 261 cm³/mol. The van der Waals surface area contributed by atoms with E-state index in [-0.39, 0.29) is 19.4 Å². The third-order valence-electron chi connectivity index (χ3n) is 11.3. The molecule has 1 unspecified atom stereocenters. The van der Waals surface area contributed by atoms with Crippen LogP contribution in [0.1, 0.15) is 245 Å². The van der Waals surface area contributed by atoms with Gasteiger partial charge >= 0.3 is 19.8 Å². The summed E-state index contributed by atoms with van der Waals surface area (Å²) in [7, 11) is -4.62. The van der Waals surface area contributed by atoms with Crippen molar-refractivity contribution in [2.75, 3.05) is 26.4 Å². The van der Waals surface area contributed by atoms with Crippen LogP contribution in [0.3, 0.4) is 0 Å². The molecule has 0 saturated heterocycles. The molecule has 0 heterocycles. The Morgan fingerprint density at radius 3 is 1.27 bits per heavy atom. The molecule has 10 nitrogen and oxygen atoms in total. The van der Waals surface area contributed by atoms with Gasteiger partial charge in [0.25, 0.3) is 0 Å². The first-order valence-corrected chi connectivity index (χ1v) is 27.4. The fraction of sp³-hybridized carbons (Fsp3) is 0.846. The van der Waals surface area contributed by atoms with Crippen molar-refractivity contribution in [3.05, 3.63) is 36.5 Å². The van der Waals surface area contributed by atoms with E-state index >= 15 is 0 Å². The molecule has 0 radical (unpaired) electrons. The van der Waals surface area contributed by atoms with Crippen LogP contribution in [0.15, 0.2) is 36.5 Å². The molecule has 0 fully saturated rings. The van der Waals surface area contributed by atoms with E-state index in [9.17, 15) is 24.2 Å². The first-order valence-electron chi connectivity index (χ1n) is 25.9. The van der Waals surface area contributed by atoms with Crippen LogP contribution in [-0.2, 0) is 32.7 Å². The van der Waals surface area contributed by atoms with E-state index in [2.05, 4.69) is 50.3 Å². The molecule has 0 aromatic rings. The minimum atomic E-state index is -4.62. The average molecular weight is 913 g/mol. The van der Waals surface area contributed by atoms with Crippen LogP contribution in [0.25, 0.3) is 0 Å². The third-order valence-corrected chi connectivity index (χ3v) is 12.2. The number of hydrogen-bond acceptors (Lipinski definition) is 9. The summed E-state index contributed by atoms with van der Waals surface area (Å²) in [4.78, 5) is 35.2. The topological polar surface area (TPSA) is 149 Å². The van der Waals surface area contributed by atoms with Crippen molar-refractivity contribution in [1.29, 1.82) is 0 Å². The monoisotopic (exact) mass is 913 g/mol. The number of phosphoric ester groups is 1. The van der Waals surface area contributed by atoms with Crippen molar-refractivity contribution >= 4 is 19.8 Å². The Morgan fingerprint density at radius 2 is 0.825 bits per heavy atom. The molecule has 0 aliphatic rings. The van der Waals surface area contributed by atoms with Crippen LogP contribution in [-0.4, -0.2) is 65.7 Å². The average Bonchev–Trinajstić information content (AvgIpc) is 3.27. The molecule has 0 spiro atoms. The molecule has 3 atom stereocenters. The van der Waals surface area contributed by atoms with Gasteiger partial charge in [-0.1, -0.05) is 198 Å². The summed E-state index contributed by atoms with van der Waals surface area (Å²) in [6, 6.07) is 0. The number of ether oxygens (including phenoxy) is 2. The van der Waals surface area contributed by atoms with E-state index in [0.717, 1.165) is 51.4 Å². The zero-order valence-electron chi connectivity index (χ0n) is 40.5. The zero-order chi connectivity index (χ0) is 46.2. The Bertz CT molecular complexity index is 1140. The summed E-state index contributed by atoms with van der Waals surface area (Å²) in [6.45, 7) is 2.39. The van der Waals surface area contributed by atoms with Crippen LogP contribution in [0.5, 0.6) is 0 Å². The Labute approximate surface area is 386 Å². The number of esters is 2. The van der Waals surface area contributed by atoms with Gasteiger partial charge in [0.05, 0.1) is 19.8 Å². The standard InChI is InChI=1S/C52H97O10P/c1-3-5-7-9-11-13-15-17-19-21-23-24-26-28-30-32-34-36-38-40-42-44-52(56)62-50(48-61-63(57,58)60-46-49(54)45-53)47-59-51(55)43-41-39-37-35-33-31-29-27-25-22-20-18-16-14-12-10-8-6-4-2/h12,14,17-20,49-50,53-54H,3-11,13,15-16,21-48H2,1-2H3,(H,57,58)/b14-12+,19-17+,20-18+/t49-,50+/m0/s1. The fourth-order valence-electron chi connectivity index (χ4n) is 7.26. The summed E-state index contributed by atoms with van der Waals surface area (Å²) in [5, 5.41) is 18.4. The van der Waals surface area contributed by atoms with Crippen LogP contribution in [0.4, 0.5) is 0 Å². The number of hydrogen-bond donors (Lipinski definition) is 3. The Balaban J connectivity index is 4.17. The first kappa shape index (κ1) is 61.2. The summed E-state index contributed by atoms with van der Waals surface area (Å²) >= 11 is 0. The number of allylic oxidation sites excluding steroid dienone is 6. The van der Waals surface area contributed by atoms with Crippen molar-refractivity contribution in [3.8, 4) is 0 Å². The van der Waals surface area contributed by atoms with E-state index in [1.807, 2.05) is 0 Å². The van der Waals surface area contributed by atoms with E-state index in [1.165, 1.54) is 154 Å². The second-order valence-corrected chi connectivity index (χ2v) is 19.0. The summed E-state index contributed by atoms with van der Waals surface area (Å²) in [5.74, 6) is -0.921. The van der Waals surface area contributed by atoms with Crippen LogP contribution < -0.4 is 0 Å². The van der Waals surface area contributed by atoms with Gasteiger partial charge in [-0.25, -0.2) is 4.57 Å². The molecular formula is C52H97O10P. The van der Waals surface area contributed by atoms with Gasteiger partial charge < -0.3 is 24.6 Å². The molecule has 0 aromatic carbocycles. The van der Waals surface area contributed by atoms with Crippen molar-refractivity contribution in [2.24, 2.45) is 0 Å². The predicted octanol–water partition coefficient (Wildman–Crippen LogP) is 14.7. The van der Waals surface area contributed by atoms with Gasteiger partial charge in [0.15, 0.2) is 6.10 Å². The molecule has 370 valence electrons. The Hall–Kier alpha value is -1.81. The highest BCUT2D eigenvalue weighted by atomic mass is 31.2. The normalized spacial score (nSPS) is 13.9. The number of unbranched alkanes of at least 4 members (excludes halogenated alkanes) is 29. The van der Waals surface area contributed by atoms with Gasteiger partial charge in [-0.3, -0.25) is 18.6 Å². The van der Waals surface area contributed by atoms with Crippen LogP contribution in [0.2, 0.25) is 0 Å². The minimum absolute atomic E-state index is 0.184. The van der Waals surface area contributed by atoms with Gasteiger partial charge in [-0.15, -0.1) is 0 Å². The number of aliphatic hydroxyl groups is 2. The first-order chi connectivity index (χ1) is 30.7. The number of aliphatic hydroxyl groups excluding tert-OH is 2. The van der Waals surface area contributed by atoms with E-state index in [1.54, 1.807) is 0 Å². The van der Waals surface area contributed by atoms with Gasteiger partial charge in [0.1, 0.15) is 12.7 Å². The fourth-order valence-corrected chi connectivity index (χ4v) is 8.04. The van der Waals surface area contributed by atoms with Gasteiger partial charge in [-0.2, -0.15) is 0 Å². The molecule has 0 aliphatic heterocycles. The zero-order valence-corrected chi connectivity index (χ0v) is 41.4. The van der Waals surface area contributed by atoms with Gasteiger partial charge in [0, 0.05) is 12.8 Å². The van der Waals surface area contributed by atoms with Crippen molar-refractivity contribution in [3.63, 3.8) is 0 Å². The maximum atomic E-state index is 12.7. The lowest BCUT2D eigenvalue weighted by atomic mass is 10.0. The molecule has 0 bridgehead atoms. The highest BCUT2D eigenvalue weighted by molar-refractivity contribution is 7.47. The number of phosphoric acid groups is 1. The summed E-state index contributed by atoms with van der Waals surface area (Å²) in [6.07, 6.45) is 52.5. The van der Waals surface area contributed by atoms with Crippen LogP contribution in [0, 0.1) is 0 Å². The largest absolute Gasteiger partial charge is 0.472 e. The van der Waals surface area contributed by atoms with Crippen molar-refractivity contribution in [2.45, 2.75) is 257 Å². The molecule has 63 heavy (non-hydrogen) atoms. The van der Waals surface area contributed by atoms with Crippen molar-refractivity contribution in [1.82, 2.24) is 0 Å². The minimum Gasteiger partial charge on any atom is -0.462 e. The molecule has 0 aliphatic carbocycles. The lowest BCUT2D eigenvalue weighted by Gasteiger charge is -2.20. The van der Waals surface area contributed by atoms with Gasteiger partial charge in [-0.05, 0) is 70.6 Å². The number of carbonyl (C=O) groups is 2. The SMILES string of the molecule is CCCCC/C=C/C/C=C/CCCCCCCCCCCC(=O)OC[C@H](COP(=O)(O)OC[C@@H](O)CO)OC(=O)CCCCCCCCCCCCC/C=C/CCCCCCCC. The maximum absolute atomic E-state index is 12.7. The molecule has 0 amide bonds. The molecule has 0 rings (SSSR count). The third kappa shape index (κ3) is 48.0. The second-order valence-electron chi connectivity index (χ2n) is 17.5. The van der Waals surface area contributed by atoms with Gasteiger partial charge in [0.2, 0.25) is 0 Å². The lowest BCUT2D eigenvalue weighted by molar-refractivity contribution is -0.161. The molecule has 0 saturated carbocycles. The molecule has 0 aromatic heterocycles. The van der Waals surface area contributed by atoms with E-state index in [4.69, 9.17) is 23.6 Å². The summed E-state index contributed by atoms with van der Waals surface area (Å²) in [5.41, 5.74) is 0. The van der Waals surface area contributed by atoms with E-state index < -0.39 is 51.8 Å². The smallest absolute Gasteiger partial charge is 0.462 e. The highest BCUT2D eigenvalue weighted by Gasteiger charge is 2.27. The number of rotatable bonds is 49. The number of carbonyl (C=O) groups excluding carboxylic acids is 2. The van der Waals surface area contributed by atoms with Crippen molar-refractivity contribution < 1.29 is 47.8 Å². The Morgan fingerprint density at radius 1 is 0.476 bits per heavy atom. The van der Waals surface area contributed by atoms with Crippen LogP contribution >= 0.6 is 7.82 Å². The quantitative estimate of drug-likeness (QED) is 0.0233. The Kier molecular flexibility index (Phi) is 46.7. The molecule has 11 heteroatoms. The highest BCUT2D eigenvalue weighted by Crippen LogP contribution is 2.43. The van der Waals surface area contributed by atoms with E-state index in [0.29, 0.717) is 12.8 Å². The second kappa shape index (κ2) is 48.1. The maximum Gasteiger partial charge on any atom is 0.472 e. The molecular weight excluding hydrogens is 816 g/mol. The molecule has 3 N–H and O–H groups in total. The summed E-state index contributed by atoms with van der Waals surface area (Å²) < 4.78 is 32.9.